The second-order valence-corrected chi connectivity index (χ2v) is 17.3. The molecule has 0 spiro atoms. The first-order chi connectivity index (χ1) is 26.2. The van der Waals surface area contributed by atoms with Gasteiger partial charge in [0.05, 0.1) is 0 Å². The SMILES string of the molecule is CCCCCCCCCCCCCC(=O)O[C@H](COC(=O)CCCCCCCCCCCCC(C)C)COC(=O)CCCCCCCCCCCC(C)C. The van der Waals surface area contributed by atoms with Gasteiger partial charge in [0.1, 0.15) is 13.2 Å². The van der Waals surface area contributed by atoms with E-state index in [1.54, 1.807) is 0 Å². The molecule has 0 heterocycles. The summed E-state index contributed by atoms with van der Waals surface area (Å²) >= 11 is 0. The Morgan fingerprint density at radius 1 is 0.352 bits per heavy atom. The van der Waals surface area contributed by atoms with Crippen molar-refractivity contribution in [3.63, 3.8) is 0 Å². The third-order valence-electron chi connectivity index (χ3n) is 10.7. The van der Waals surface area contributed by atoms with Crippen LogP contribution in [0.2, 0.25) is 0 Å². The molecule has 0 saturated heterocycles. The quantitative estimate of drug-likeness (QED) is 0.0350. The van der Waals surface area contributed by atoms with Crippen molar-refractivity contribution in [1.82, 2.24) is 0 Å². The molecule has 0 bridgehead atoms. The van der Waals surface area contributed by atoms with Gasteiger partial charge in [-0.1, -0.05) is 221 Å². The van der Waals surface area contributed by atoms with Gasteiger partial charge >= 0.3 is 17.9 Å². The van der Waals surface area contributed by atoms with Crippen molar-refractivity contribution < 1.29 is 28.6 Å². The number of rotatable bonds is 42. The molecule has 1 atom stereocenters. The Hall–Kier alpha value is -1.59. The molecule has 0 aliphatic carbocycles. The van der Waals surface area contributed by atoms with Crippen LogP contribution in [0.5, 0.6) is 0 Å². The number of hydrogen-bond acceptors (Lipinski definition) is 6. The van der Waals surface area contributed by atoms with Gasteiger partial charge < -0.3 is 14.2 Å². The van der Waals surface area contributed by atoms with E-state index in [0.717, 1.165) is 69.6 Å². The molecule has 6 heteroatoms. The zero-order valence-electron chi connectivity index (χ0n) is 36.8. The fraction of sp³-hybridized carbons (Fsp3) is 0.938. The van der Waals surface area contributed by atoms with E-state index in [4.69, 9.17) is 14.2 Å². The molecule has 320 valence electrons. The Balaban J connectivity index is 4.33. The average Bonchev–Trinajstić information content (AvgIpc) is 3.14. The largest absolute Gasteiger partial charge is 0.462 e. The Labute approximate surface area is 336 Å². The summed E-state index contributed by atoms with van der Waals surface area (Å²) < 4.78 is 16.7. The first-order valence-electron chi connectivity index (χ1n) is 23.7. The molecule has 6 nitrogen and oxygen atoms in total. The molecule has 0 aromatic heterocycles. The van der Waals surface area contributed by atoms with Gasteiger partial charge in [0, 0.05) is 19.3 Å². The minimum Gasteiger partial charge on any atom is -0.462 e. The Kier molecular flexibility index (Phi) is 39.8. The van der Waals surface area contributed by atoms with E-state index in [-0.39, 0.29) is 31.1 Å². The van der Waals surface area contributed by atoms with Crippen LogP contribution in [0.3, 0.4) is 0 Å². The van der Waals surface area contributed by atoms with Crippen LogP contribution in [0, 0.1) is 11.8 Å². The second kappa shape index (κ2) is 41.1. The van der Waals surface area contributed by atoms with Crippen molar-refractivity contribution in [2.45, 2.75) is 265 Å². The van der Waals surface area contributed by atoms with E-state index in [0.29, 0.717) is 19.3 Å². The number of carbonyl (C=O) groups is 3. The van der Waals surface area contributed by atoms with Crippen LogP contribution in [0.1, 0.15) is 259 Å². The van der Waals surface area contributed by atoms with Gasteiger partial charge in [-0.2, -0.15) is 0 Å². The fourth-order valence-corrected chi connectivity index (χ4v) is 7.11. The number of ether oxygens (including phenoxy) is 3. The van der Waals surface area contributed by atoms with Crippen molar-refractivity contribution >= 4 is 17.9 Å². The van der Waals surface area contributed by atoms with Crippen molar-refractivity contribution in [1.29, 1.82) is 0 Å². The molecule has 0 aromatic rings. The summed E-state index contributed by atoms with van der Waals surface area (Å²) in [6.07, 6.45) is 39.4. The average molecular weight is 765 g/mol. The van der Waals surface area contributed by atoms with Gasteiger partial charge in [-0.15, -0.1) is 0 Å². The summed E-state index contributed by atoms with van der Waals surface area (Å²) in [5.41, 5.74) is 0. The lowest BCUT2D eigenvalue weighted by atomic mass is 10.0. The van der Waals surface area contributed by atoms with Gasteiger partial charge in [0.25, 0.3) is 0 Å². The lowest BCUT2D eigenvalue weighted by Crippen LogP contribution is -2.30. The van der Waals surface area contributed by atoms with Gasteiger partial charge in [0.2, 0.25) is 0 Å². The monoisotopic (exact) mass is 765 g/mol. The predicted molar refractivity (Wildman–Crippen MR) is 229 cm³/mol. The molecule has 0 rings (SSSR count). The summed E-state index contributed by atoms with van der Waals surface area (Å²) in [4.78, 5) is 37.8. The minimum atomic E-state index is -0.760. The smallest absolute Gasteiger partial charge is 0.306 e. The van der Waals surface area contributed by atoms with Crippen LogP contribution < -0.4 is 0 Å². The zero-order valence-corrected chi connectivity index (χ0v) is 36.8. The van der Waals surface area contributed by atoms with E-state index < -0.39 is 6.10 Å². The molecular formula is C48H92O6. The van der Waals surface area contributed by atoms with Gasteiger partial charge in [-0.3, -0.25) is 14.4 Å². The summed E-state index contributed by atoms with van der Waals surface area (Å²) in [6, 6.07) is 0. The lowest BCUT2D eigenvalue weighted by Gasteiger charge is -2.18. The molecule has 0 aromatic carbocycles. The first kappa shape index (κ1) is 52.4. The van der Waals surface area contributed by atoms with E-state index in [1.165, 1.54) is 148 Å². The first-order valence-corrected chi connectivity index (χ1v) is 23.7. The highest BCUT2D eigenvalue weighted by molar-refractivity contribution is 5.71. The fourth-order valence-electron chi connectivity index (χ4n) is 7.11. The maximum Gasteiger partial charge on any atom is 0.306 e. The Morgan fingerprint density at radius 2 is 0.611 bits per heavy atom. The van der Waals surface area contributed by atoms with E-state index >= 15 is 0 Å². The molecule has 0 aliphatic rings. The second-order valence-electron chi connectivity index (χ2n) is 17.3. The summed E-state index contributed by atoms with van der Waals surface area (Å²) in [5.74, 6) is 0.771. The normalized spacial score (nSPS) is 12.1. The van der Waals surface area contributed by atoms with E-state index in [9.17, 15) is 14.4 Å². The molecule has 0 radical (unpaired) electrons. The molecule has 0 N–H and O–H groups in total. The Bertz CT molecular complexity index is 824. The van der Waals surface area contributed by atoms with Crippen molar-refractivity contribution in [3.8, 4) is 0 Å². The summed E-state index contributed by atoms with van der Waals surface area (Å²) in [7, 11) is 0. The number of esters is 3. The van der Waals surface area contributed by atoms with Crippen LogP contribution in [-0.2, 0) is 28.6 Å². The summed E-state index contributed by atoms with van der Waals surface area (Å²) in [5, 5.41) is 0. The Morgan fingerprint density at radius 3 is 0.907 bits per heavy atom. The predicted octanol–water partition coefficient (Wildman–Crippen LogP) is 15.0. The number of unbranched alkanes of at least 4 members (excludes halogenated alkanes) is 27. The standard InChI is InChI=1S/C48H92O6/c1-6-7-8-9-10-11-12-19-25-30-35-40-48(51)54-45(42-53-47(50)39-34-29-24-20-15-17-22-27-32-37-44(4)5)41-52-46(49)38-33-28-23-18-14-13-16-21-26-31-36-43(2)3/h43-45H,6-42H2,1-5H3/t45-/m1/s1. The highest BCUT2D eigenvalue weighted by Crippen LogP contribution is 2.17. The van der Waals surface area contributed by atoms with Gasteiger partial charge in [-0.25, -0.2) is 0 Å². The van der Waals surface area contributed by atoms with E-state index in [2.05, 4.69) is 34.6 Å². The molecule has 0 amide bonds. The van der Waals surface area contributed by atoms with Crippen LogP contribution >= 0.6 is 0 Å². The highest BCUT2D eigenvalue weighted by atomic mass is 16.6. The van der Waals surface area contributed by atoms with Crippen molar-refractivity contribution in [2.75, 3.05) is 13.2 Å². The van der Waals surface area contributed by atoms with Crippen molar-refractivity contribution in [2.24, 2.45) is 11.8 Å². The van der Waals surface area contributed by atoms with Crippen LogP contribution in [-0.4, -0.2) is 37.2 Å². The van der Waals surface area contributed by atoms with Gasteiger partial charge in [0.15, 0.2) is 6.10 Å². The summed E-state index contributed by atoms with van der Waals surface area (Å²) in [6.45, 7) is 11.3. The van der Waals surface area contributed by atoms with E-state index in [1.807, 2.05) is 0 Å². The third-order valence-corrected chi connectivity index (χ3v) is 10.7. The number of carbonyl (C=O) groups excluding carboxylic acids is 3. The molecule has 0 saturated carbocycles. The third kappa shape index (κ3) is 41.6. The lowest BCUT2D eigenvalue weighted by molar-refractivity contribution is -0.167. The topological polar surface area (TPSA) is 78.9 Å². The number of hydrogen-bond donors (Lipinski definition) is 0. The molecular weight excluding hydrogens is 673 g/mol. The maximum atomic E-state index is 12.7. The molecule has 54 heavy (non-hydrogen) atoms. The van der Waals surface area contributed by atoms with Crippen LogP contribution in [0.25, 0.3) is 0 Å². The highest BCUT2D eigenvalue weighted by Gasteiger charge is 2.19. The van der Waals surface area contributed by atoms with Gasteiger partial charge in [-0.05, 0) is 31.1 Å². The van der Waals surface area contributed by atoms with Crippen LogP contribution in [0.4, 0.5) is 0 Å². The van der Waals surface area contributed by atoms with Crippen LogP contribution in [0.15, 0.2) is 0 Å². The molecule has 0 aliphatic heterocycles. The molecule has 0 fully saturated rings. The maximum absolute atomic E-state index is 12.7. The zero-order chi connectivity index (χ0) is 39.7. The molecule has 0 unspecified atom stereocenters. The minimum absolute atomic E-state index is 0.0647. The van der Waals surface area contributed by atoms with Crippen molar-refractivity contribution in [3.05, 3.63) is 0 Å².